The van der Waals surface area contributed by atoms with Gasteiger partial charge in [-0.2, -0.15) is 0 Å². The summed E-state index contributed by atoms with van der Waals surface area (Å²) in [5, 5.41) is 9.74. The molecule has 2 bridgehead atoms. The fraction of sp³-hybridized carbons (Fsp3) is 0.731. The second-order valence-electron chi connectivity index (χ2n) is 9.82. The number of allylic oxidation sites excluding steroid dienone is 1. The monoisotopic (exact) mass is 492 g/mol. The molecule has 4 unspecified atom stereocenters. The largest absolute Gasteiger partial charge is 0.465 e. The lowest BCUT2D eigenvalue weighted by atomic mass is 9.66. The molecule has 3 rings (SSSR count). The fourth-order valence-electron chi connectivity index (χ4n) is 6.27. The summed E-state index contributed by atoms with van der Waals surface area (Å²) >= 11 is 1.63. The van der Waals surface area contributed by atoms with E-state index in [1.165, 1.54) is 0 Å². The second-order valence-corrected chi connectivity index (χ2v) is 11.4. The maximum Gasteiger partial charge on any atom is 0.310 e. The molecule has 7 nitrogen and oxygen atoms in total. The van der Waals surface area contributed by atoms with Gasteiger partial charge in [-0.25, -0.2) is 0 Å². The Bertz CT molecular complexity index is 804. The average molecular weight is 493 g/mol. The third kappa shape index (κ3) is 4.43. The summed E-state index contributed by atoms with van der Waals surface area (Å²) in [6.45, 7) is 14.3. The van der Waals surface area contributed by atoms with Crippen molar-refractivity contribution in [2.75, 3.05) is 26.3 Å². The van der Waals surface area contributed by atoms with Crippen molar-refractivity contribution in [1.82, 2.24) is 9.80 Å². The third-order valence-corrected chi connectivity index (χ3v) is 9.81. The number of hydrogen-bond donors (Lipinski definition) is 1. The first-order valence-corrected chi connectivity index (χ1v) is 13.5. The Labute approximate surface area is 208 Å². The van der Waals surface area contributed by atoms with Crippen molar-refractivity contribution in [3.8, 4) is 0 Å². The highest BCUT2D eigenvalue weighted by molar-refractivity contribution is 8.02. The number of esters is 1. The van der Waals surface area contributed by atoms with Crippen molar-refractivity contribution in [2.45, 2.75) is 75.0 Å². The van der Waals surface area contributed by atoms with E-state index < -0.39 is 22.6 Å². The minimum absolute atomic E-state index is 0.00144. The number of carbonyl (C=O) groups is 3. The molecule has 190 valence electrons. The molecule has 0 radical (unpaired) electrons. The Morgan fingerprint density at radius 3 is 2.74 bits per heavy atom. The molecule has 0 saturated carbocycles. The highest BCUT2D eigenvalue weighted by atomic mass is 32.2. The van der Waals surface area contributed by atoms with Crippen LogP contribution in [0.25, 0.3) is 0 Å². The average Bonchev–Trinajstić information content (AvgIpc) is 3.39. The predicted octanol–water partition coefficient (Wildman–Crippen LogP) is 3.03. The molecule has 3 aliphatic heterocycles. The van der Waals surface area contributed by atoms with Gasteiger partial charge in [-0.1, -0.05) is 32.4 Å². The number of fused-ring (bicyclic) bond motifs is 1. The summed E-state index contributed by atoms with van der Waals surface area (Å²) in [4.78, 5) is 44.5. The van der Waals surface area contributed by atoms with E-state index in [1.807, 2.05) is 11.8 Å². The minimum Gasteiger partial charge on any atom is -0.465 e. The topological polar surface area (TPSA) is 87.1 Å². The highest BCUT2D eigenvalue weighted by Crippen LogP contribution is 2.68. The predicted molar refractivity (Wildman–Crippen MR) is 134 cm³/mol. The van der Waals surface area contributed by atoms with Crippen LogP contribution in [0.4, 0.5) is 0 Å². The lowest BCUT2D eigenvalue weighted by Crippen LogP contribution is -2.58. The van der Waals surface area contributed by atoms with Crippen LogP contribution < -0.4 is 0 Å². The summed E-state index contributed by atoms with van der Waals surface area (Å²) in [7, 11) is 0. The van der Waals surface area contributed by atoms with E-state index in [0.29, 0.717) is 19.6 Å². The van der Waals surface area contributed by atoms with Gasteiger partial charge in [-0.3, -0.25) is 14.4 Å². The van der Waals surface area contributed by atoms with Crippen molar-refractivity contribution >= 4 is 29.5 Å². The lowest BCUT2D eigenvalue weighted by Gasteiger charge is -2.41. The first-order chi connectivity index (χ1) is 16.3. The van der Waals surface area contributed by atoms with Crippen molar-refractivity contribution in [3.63, 3.8) is 0 Å². The molecule has 1 N–H and O–H groups in total. The molecule has 2 amide bonds. The number of rotatable bonds is 13. The summed E-state index contributed by atoms with van der Waals surface area (Å²) < 4.78 is 4.90. The van der Waals surface area contributed by atoms with E-state index >= 15 is 0 Å². The molecule has 3 fully saturated rings. The highest BCUT2D eigenvalue weighted by Gasteiger charge is 2.76. The molecule has 0 aromatic heterocycles. The third-order valence-electron chi connectivity index (χ3n) is 7.74. The molecule has 1 spiro atoms. The second kappa shape index (κ2) is 11.3. The van der Waals surface area contributed by atoms with Gasteiger partial charge in [0.15, 0.2) is 0 Å². The zero-order chi connectivity index (χ0) is 25.0. The molecule has 0 aromatic rings. The number of likely N-dealkylation sites (tertiary alicyclic amines) is 1. The van der Waals surface area contributed by atoms with Gasteiger partial charge in [0.2, 0.25) is 11.8 Å². The van der Waals surface area contributed by atoms with Gasteiger partial charge in [-0.15, -0.1) is 24.9 Å². The van der Waals surface area contributed by atoms with E-state index in [4.69, 9.17) is 4.74 Å². The molecular formula is C26H40N2O5S. The lowest BCUT2D eigenvalue weighted by molar-refractivity contribution is -0.154. The summed E-state index contributed by atoms with van der Waals surface area (Å²) in [5.74, 6) is -1.73. The Morgan fingerprint density at radius 2 is 2.12 bits per heavy atom. The van der Waals surface area contributed by atoms with Crippen molar-refractivity contribution in [2.24, 2.45) is 17.8 Å². The molecule has 0 aromatic carbocycles. The maximum absolute atomic E-state index is 14.1. The van der Waals surface area contributed by atoms with Crippen LogP contribution in [0.2, 0.25) is 0 Å². The van der Waals surface area contributed by atoms with Crippen LogP contribution in [0, 0.1) is 17.8 Å². The van der Waals surface area contributed by atoms with Crippen molar-refractivity contribution in [3.05, 3.63) is 25.3 Å². The molecular weight excluding hydrogens is 452 g/mol. The van der Waals surface area contributed by atoms with E-state index in [2.05, 4.69) is 27.0 Å². The summed E-state index contributed by atoms with van der Waals surface area (Å²) in [6.07, 6.45) is 7.52. The van der Waals surface area contributed by atoms with Gasteiger partial charge in [0.05, 0.1) is 29.8 Å². The molecule has 0 aliphatic carbocycles. The Morgan fingerprint density at radius 1 is 1.38 bits per heavy atom. The van der Waals surface area contributed by atoms with Crippen molar-refractivity contribution < 1.29 is 24.2 Å². The van der Waals surface area contributed by atoms with Gasteiger partial charge in [0.1, 0.15) is 6.04 Å². The van der Waals surface area contributed by atoms with Gasteiger partial charge < -0.3 is 19.6 Å². The smallest absolute Gasteiger partial charge is 0.310 e. The number of thioether (sulfide) groups is 1. The number of aliphatic hydroxyl groups is 1. The van der Waals surface area contributed by atoms with E-state index in [9.17, 15) is 19.5 Å². The Hall–Kier alpha value is -1.80. The molecule has 3 aliphatic rings. The number of amides is 2. The number of ether oxygens (including phenoxy) is 1. The zero-order valence-corrected chi connectivity index (χ0v) is 21.6. The van der Waals surface area contributed by atoms with Crippen LogP contribution >= 0.6 is 11.8 Å². The molecule has 8 heteroatoms. The molecule has 7 atom stereocenters. The Balaban J connectivity index is 1.97. The quantitative estimate of drug-likeness (QED) is 0.242. The number of hydrogen-bond acceptors (Lipinski definition) is 6. The van der Waals surface area contributed by atoms with E-state index in [1.54, 1.807) is 28.8 Å². The SMILES string of the molecule is C=CCCCOC(=O)[C@@H]1[C@H]2C(=O)N(CCO)C(C(=O)N(CC=C)C(C)CCC)C23S[C@@H]1CC3C. The number of unbranched alkanes of at least 4 members (excludes halogenated alkanes) is 1. The van der Waals surface area contributed by atoms with Crippen LogP contribution in [0.5, 0.6) is 0 Å². The van der Waals surface area contributed by atoms with Crippen LogP contribution in [-0.4, -0.2) is 81.1 Å². The van der Waals surface area contributed by atoms with Gasteiger partial charge >= 0.3 is 5.97 Å². The van der Waals surface area contributed by atoms with Crippen molar-refractivity contribution in [1.29, 1.82) is 0 Å². The van der Waals surface area contributed by atoms with Gasteiger partial charge in [-0.05, 0) is 38.5 Å². The minimum atomic E-state index is -0.708. The standard InChI is InChI=1S/C26H40N2O5S/c1-6-9-10-15-33-25(32)20-19-16-17(4)26(34-19)21(20)23(30)28(13-14-29)22(26)24(31)27(12-8-3)18(5)11-7-2/h6,8,17-22,29H,1,3,7,9-16H2,2,4-5H3/t17?,18?,19-,20+,21+,22?,26?/m1/s1. The zero-order valence-electron chi connectivity index (χ0n) is 20.8. The molecule has 34 heavy (non-hydrogen) atoms. The van der Waals surface area contributed by atoms with Gasteiger partial charge in [0, 0.05) is 24.4 Å². The van der Waals surface area contributed by atoms with Crippen LogP contribution in [-0.2, 0) is 19.1 Å². The van der Waals surface area contributed by atoms with Crippen LogP contribution in [0.3, 0.4) is 0 Å². The maximum atomic E-state index is 14.1. The Kier molecular flexibility index (Phi) is 8.90. The number of carbonyl (C=O) groups excluding carboxylic acids is 3. The number of β-amino-alcohol motifs (C(OH)–C–C–N with tert-alkyl or cyclic N) is 1. The summed E-state index contributed by atoms with van der Waals surface area (Å²) in [6, 6.07) is -0.707. The van der Waals surface area contributed by atoms with Crippen LogP contribution in [0.1, 0.15) is 52.9 Å². The molecule has 3 saturated heterocycles. The number of nitrogens with zero attached hydrogens (tertiary/aromatic N) is 2. The fourth-order valence-corrected chi connectivity index (χ4v) is 8.67. The first kappa shape index (κ1) is 26.8. The summed E-state index contributed by atoms with van der Waals surface area (Å²) in [5.41, 5.74) is 0. The van der Waals surface area contributed by atoms with Crippen LogP contribution in [0.15, 0.2) is 25.3 Å². The molecule has 3 heterocycles. The normalized spacial score (nSPS) is 32.4. The van der Waals surface area contributed by atoms with E-state index in [0.717, 1.165) is 25.7 Å². The number of aliphatic hydroxyl groups excluding tert-OH is 1. The first-order valence-electron chi connectivity index (χ1n) is 12.6. The van der Waals surface area contributed by atoms with Gasteiger partial charge in [0.25, 0.3) is 0 Å². The van der Waals surface area contributed by atoms with E-state index in [-0.39, 0.29) is 48.1 Å².